The van der Waals surface area contributed by atoms with Crippen LogP contribution in [0.3, 0.4) is 0 Å². The third-order valence-electron chi connectivity index (χ3n) is 2.93. The molecule has 0 saturated heterocycles. The third-order valence-corrected chi connectivity index (χ3v) is 2.93. The molecule has 0 spiro atoms. The molecule has 2 heterocycles. The number of aromatic nitrogens is 2. The maximum atomic E-state index is 11.0. The summed E-state index contributed by atoms with van der Waals surface area (Å²) < 4.78 is 4.86. The van der Waals surface area contributed by atoms with Gasteiger partial charge in [-0.05, 0) is 17.2 Å². The van der Waals surface area contributed by atoms with Gasteiger partial charge in [-0.15, -0.1) is 0 Å². The fraction of sp³-hybridized carbons (Fsp3) is 0. The number of amides is 1. The van der Waals surface area contributed by atoms with Crippen LogP contribution in [-0.2, 0) is 0 Å². The molecule has 0 atom stereocenters. The van der Waals surface area contributed by atoms with Crippen molar-refractivity contribution in [3.8, 4) is 22.4 Å². The lowest BCUT2D eigenvalue weighted by Gasteiger charge is -2.01. The van der Waals surface area contributed by atoms with Crippen molar-refractivity contribution in [3.63, 3.8) is 0 Å². The highest BCUT2D eigenvalue weighted by molar-refractivity contribution is 5.90. The lowest BCUT2D eigenvalue weighted by molar-refractivity contribution is 0.0965. The summed E-state index contributed by atoms with van der Waals surface area (Å²) >= 11 is 0. The molecule has 5 heteroatoms. The lowest BCUT2D eigenvalue weighted by Crippen LogP contribution is -2.09. The first kappa shape index (κ1) is 12.1. The summed E-state index contributed by atoms with van der Waals surface area (Å²) in [6.45, 7) is 0. The Kier molecular flexibility index (Phi) is 3.01. The highest BCUT2D eigenvalue weighted by Gasteiger charge is 2.10. The highest BCUT2D eigenvalue weighted by Crippen LogP contribution is 2.24. The van der Waals surface area contributed by atoms with Gasteiger partial charge in [0.25, 0.3) is 5.91 Å². The van der Waals surface area contributed by atoms with Gasteiger partial charge in [-0.25, -0.2) is 0 Å². The van der Waals surface area contributed by atoms with Gasteiger partial charge in [-0.2, -0.15) is 0 Å². The maximum Gasteiger partial charge on any atom is 0.287 e. The summed E-state index contributed by atoms with van der Waals surface area (Å²) in [5.41, 5.74) is 8.66. The van der Waals surface area contributed by atoms with E-state index in [2.05, 4.69) is 10.1 Å². The average Bonchev–Trinajstić information content (AvgIpc) is 2.98. The van der Waals surface area contributed by atoms with E-state index in [1.807, 2.05) is 36.4 Å². The molecule has 0 saturated carbocycles. The number of benzene rings is 1. The van der Waals surface area contributed by atoms with Gasteiger partial charge in [0.15, 0.2) is 0 Å². The van der Waals surface area contributed by atoms with Gasteiger partial charge in [-0.3, -0.25) is 9.78 Å². The number of pyridine rings is 1. The Bertz CT molecular complexity index is 733. The number of nitrogens with two attached hydrogens (primary N) is 1. The van der Waals surface area contributed by atoms with Crippen molar-refractivity contribution in [2.24, 2.45) is 5.73 Å². The van der Waals surface area contributed by atoms with E-state index in [0.29, 0.717) is 5.69 Å². The molecule has 0 unspecified atom stereocenters. The van der Waals surface area contributed by atoms with Crippen molar-refractivity contribution in [3.05, 3.63) is 60.6 Å². The van der Waals surface area contributed by atoms with E-state index in [-0.39, 0.29) is 5.76 Å². The molecular weight excluding hydrogens is 254 g/mol. The Balaban J connectivity index is 1.91. The molecule has 3 rings (SSSR count). The van der Waals surface area contributed by atoms with Gasteiger partial charge < -0.3 is 10.3 Å². The second kappa shape index (κ2) is 4.97. The zero-order valence-electron chi connectivity index (χ0n) is 10.5. The summed E-state index contributed by atoms with van der Waals surface area (Å²) in [6.07, 6.45) is 3.54. The Morgan fingerprint density at radius 2 is 1.80 bits per heavy atom. The van der Waals surface area contributed by atoms with Gasteiger partial charge in [0.2, 0.25) is 5.76 Å². The van der Waals surface area contributed by atoms with Crippen LogP contribution in [0.2, 0.25) is 0 Å². The lowest BCUT2D eigenvalue weighted by atomic mass is 10.0. The standard InChI is InChI=1S/C15H11N3O2/c16-15(19)14-8-13(18-20-14)11-5-3-10(4-6-11)12-2-1-7-17-9-12/h1-9H,(H2,16,19). The minimum Gasteiger partial charge on any atom is -0.363 e. The number of primary amides is 1. The largest absolute Gasteiger partial charge is 0.363 e. The van der Waals surface area contributed by atoms with Crippen LogP contribution in [0.1, 0.15) is 10.6 Å². The van der Waals surface area contributed by atoms with Crippen LogP contribution < -0.4 is 5.73 Å². The Labute approximate surface area is 115 Å². The molecule has 0 aliphatic heterocycles. The van der Waals surface area contributed by atoms with Gasteiger partial charge in [0.1, 0.15) is 5.69 Å². The summed E-state index contributed by atoms with van der Waals surface area (Å²) in [6, 6.07) is 13.1. The van der Waals surface area contributed by atoms with Crippen LogP contribution >= 0.6 is 0 Å². The van der Waals surface area contributed by atoms with E-state index >= 15 is 0 Å². The van der Waals surface area contributed by atoms with Gasteiger partial charge in [0, 0.05) is 24.0 Å². The second-order valence-corrected chi connectivity index (χ2v) is 4.26. The first-order valence-electron chi connectivity index (χ1n) is 6.01. The fourth-order valence-electron chi connectivity index (χ4n) is 1.89. The molecule has 1 amide bonds. The topological polar surface area (TPSA) is 82.0 Å². The number of nitrogens with zero attached hydrogens (tertiary/aromatic N) is 2. The molecule has 0 radical (unpaired) electrons. The van der Waals surface area contributed by atoms with Crippen molar-refractivity contribution in [2.45, 2.75) is 0 Å². The van der Waals surface area contributed by atoms with Crippen molar-refractivity contribution >= 4 is 5.91 Å². The number of hydrogen-bond donors (Lipinski definition) is 1. The van der Waals surface area contributed by atoms with Crippen LogP contribution in [0, 0.1) is 0 Å². The zero-order valence-corrected chi connectivity index (χ0v) is 10.5. The van der Waals surface area contributed by atoms with Gasteiger partial charge >= 0.3 is 0 Å². The minimum atomic E-state index is -0.629. The molecule has 0 aliphatic carbocycles. The number of carbonyl (C=O) groups is 1. The molecule has 20 heavy (non-hydrogen) atoms. The molecular formula is C15H11N3O2. The Hall–Kier alpha value is -2.95. The highest BCUT2D eigenvalue weighted by atomic mass is 16.5. The Morgan fingerprint density at radius 3 is 2.40 bits per heavy atom. The molecule has 0 aliphatic rings. The maximum absolute atomic E-state index is 11.0. The quantitative estimate of drug-likeness (QED) is 0.788. The summed E-state index contributed by atoms with van der Waals surface area (Å²) in [5.74, 6) is -0.577. The number of carbonyl (C=O) groups excluding carboxylic acids is 1. The first-order valence-corrected chi connectivity index (χ1v) is 6.01. The van der Waals surface area contributed by atoms with Crippen molar-refractivity contribution < 1.29 is 9.32 Å². The van der Waals surface area contributed by atoms with E-state index in [4.69, 9.17) is 10.3 Å². The van der Waals surface area contributed by atoms with Crippen molar-refractivity contribution in [1.29, 1.82) is 0 Å². The van der Waals surface area contributed by atoms with Crippen LogP contribution in [0.4, 0.5) is 0 Å². The summed E-state index contributed by atoms with van der Waals surface area (Å²) in [5, 5.41) is 3.82. The molecule has 2 N–H and O–H groups in total. The van der Waals surface area contributed by atoms with Gasteiger partial charge in [-0.1, -0.05) is 35.5 Å². The van der Waals surface area contributed by atoms with Crippen LogP contribution in [0.15, 0.2) is 59.4 Å². The number of hydrogen-bond acceptors (Lipinski definition) is 4. The molecule has 0 bridgehead atoms. The van der Waals surface area contributed by atoms with Crippen molar-refractivity contribution in [2.75, 3.05) is 0 Å². The van der Waals surface area contributed by atoms with Crippen LogP contribution in [0.25, 0.3) is 22.4 Å². The molecule has 2 aromatic heterocycles. The smallest absolute Gasteiger partial charge is 0.287 e. The SMILES string of the molecule is NC(=O)c1cc(-c2ccc(-c3cccnc3)cc2)no1. The summed E-state index contributed by atoms with van der Waals surface area (Å²) in [4.78, 5) is 15.1. The first-order chi connectivity index (χ1) is 9.74. The van der Waals surface area contributed by atoms with E-state index in [1.54, 1.807) is 12.4 Å². The monoisotopic (exact) mass is 265 g/mol. The minimum absolute atomic E-state index is 0.0522. The molecule has 5 nitrogen and oxygen atoms in total. The zero-order chi connectivity index (χ0) is 13.9. The fourth-order valence-corrected chi connectivity index (χ4v) is 1.89. The second-order valence-electron chi connectivity index (χ2n) is 4.26. The predicted octanol–water partition coefficient (Wildman–Crippen LogP) is 2.50. The third kappa shape index (κ3) is 2.29. The van der Waals surface area contributed by atoms with Crippen molar-refractivity contribution in [1.82, 2.24) is 10.1 Å². The predicted molar refractivity (Wildman–Crippen MR) is 73.7 cm³/mol. The van der Waals surface area contributed by atoms with E-state index in [0.717, 1.165) is 16.7 Å². The van der Waals surface area contributed by atoms with Crippen LogP contribution in [0.5, 0.6) is 0 Å². The molecule has 3 aromatic rings. The number of rotatable bonds is 3. The molecule has 1 aromatic carbocycles. The Morgan fingerprint density at radius 1 is 1.05 bits per heavy atom. The van der Waals surface area contributed by atoms with E-state index in [9.17, 15) is 4.79 Å². The summed E-state index contributed by atoms with van der Waals surface area (Å²) in [7, 11) is 0. The molecule has 98 valence electrons. The van der Waals surface area contributed by atoms with E-state index in [1.165, 1.54) is 6.07 Å². The van der Waals surface area contributed by atoms with Crippen LogP contribution in [-0.4, -0.2) is 16.0 Å². The van der Waals surface area contributed by atoms with E-state index < -0.39 is 5.91 Å². The van der Waals surface area contributed by atoms with Gasteiger partial charge in [0.05, 0.1) is 0 Å². The average molecular weight is 265 g/mol. The normalized spacial score (nSPS) is 10.4. The molecule has 0 fully saturated rings.